The Morgan fingerprint density at radius 3 is 2.41 bits per heavy atom. The summed E-state index contributed by atoms with van der Waals surface area (Å²) in [5.74, 6) is 0.539. The number of halogens is 1. The maximum Gasteiger partial charge on any atom is 0.254 e. The molecule has 1 aromatic carbocycles. The van der Waals surface area contributed by atoms with Crippen molar-refractivity contribution in [3.8, 4) is 11.4 Å². The fourth-order valence-corrected chi connectivity index (χ4v) is 3.69. The van der Waals surface area contributed by atoms with E-state index in [-0.39, 0.29) is 11.7 Å². The van der Waals surface area contributed by atoms with Gasteiger partial charge in [-0.1, -0.05) is 12.1 Å². The Bertz CT molecular complexity index is 1270. The number of benzene rings is 1. The molecule has 1 aliphatic rings. The third kappa shape index (κ3) is 3.90. The number of pyridine rings is 2. The van der Waals surface area contributed by atoms with E-state index in [1.54, 1.807) is 60.0 Å². The molecular weight excluding hydrogens is 407 g/mol. The maximum atomic E-state index is 14.4. The van der Waals surface area contributed by atoms with Gasteiger partial charge < -0.3 is 10.2 Å². The van der Waals surface area contributed by atoms with Crippen LogP contribution in [0.3, 0.4) is 0 Å². The van der Waals surface area contributed by atoms with Crippen LogP contribution in [-0.2, 0) is 13.0 Å². The van der Waals surface area contributed by atoms with Gasteiger partial charge >= 0.3 is 0 Å². The third-order valence-corrected chi connectivity index (χ3v) is 5.34. The van der Waals surface area contributed by atoms with Gasteiger partial charge in [0.05, 0.1) is 17.9 Å². The van der Waals surface area contributed by atoms with E-state index in [2.05, 4.69) is 15.3 Å². The predicted molar refractivity (Wildman–Crippen MR) is 118 cm³/mol. The van der Waals surface area contributed by atoms with Crippen LogP contribution in [0.5, 0.6) is 0 Å². The number of nitrogens with one attached hydrogen (secondary N) is 1. The molecule has 1 amide bonds. The average Bonchev–Trinajstić information content (AvgIpc) is 2.85. The normalized spacial score (nSPS) is 12.8. The molecular formula is C24H19FN6O. The summed E-state index contributed by atoms with van der Waals surface area (Å²) in [4.78, 5) is 32.2. The second kappa shape index (κ2) is 8.50. The Balaban J connectivity index is 1.55. The number of amides is 1. The van der Waals surface area contributed by atoms with Crippen LogP contribution in [0.15, 0.2) is 73.3 Å². The molecule has 0 saturated carbocycles. The highest BCUT2D eigenvalue weighted by atomic mass is 19.1. The molecule has 0 atom stereocenters. The van der Waals surface area contributed by atoms with Crippen molar-refractivity contribution in [2.45, 2.75) is 13.0 Å². The number of para-hydroxylation sites is 1. The first-order chi connectivity index (χ1) is 15.7. The summed E-state index contributed by atoms with van der Waals surface area (Å²) >= 11 is 0. The summed E-state index contributed by atoms with van der Waals surface area (Å²) in [6.07, 6.45) is 7.12. The zero-order valence-corrected chi connectivity index (χ0v) is 17.1. The number of rotatable bonds is 4. The molecule has 0 unspecified atom stereocenters. The van der Waals surface area contributed by atoms with Crippen LogP contribution >= 0.6 is 0 Å². The van der Waals surface area contributed by atoms with E-state index in [1.165, 1.54) is 6.07 Å². The highest BCUT2D eigenvalue weighted by Crippen LogP contribution is 2.30. The van der Waals surface area contributed by atoms with Gasteiger partial charge in [-0.3, -0.25) is 14.8 Å². The molecule has 7 nitrogen and oxygen atoms in total. The van der Waals surface area contributed by atoms with Crippen molar-refractivity contribution in [3.05, 3.63) is 96.0 Å². The summed E-state index contributed by atoms with van der Waals surface area (Å²) in [6.45, 7) is 0.851. The summed E-state index contributed by atoms with van der Waals surface area (Å²) in [7, 11) is 0. The van der Waals surface area contributed by atoms with Crippen LogP contribution in [0.2, 0.25) is 0 Å². The van der Waals surface area contributed by atoms with Crippen molar-refractivity contribution in [3.63, 3.8) is 0 Å². The Labute approximate surface area is 184 Å². The van der Waals surface area contributed by atoms with Crippen molar-refractivity contribution in [1.82, 2.24) is 24.8 Å². The van der Waals surface area contributed by atoms with Crippen LogP contribution in [0, 0.1) is 5.82 Å². The monoisotopic (exact) mass is 426 g/mol. The van der Waals surface area contributed by atoms with Crippen LogP contribution in [0.1, 0.15) is 21.6 Å². The lowest BCUT2D eigenvalue weighted by atomic mass is 10.0. The second-order valence-corrected chi connectivity index (χ2v) is 7.37. The summed E-state index contributed by atoms with van der Waals surface area (Å²) in [6, 6.07) is 13.5. The van der Waals surface area contributed by atoms with Crippen molar-refractivity contribution in [2.24, 2.45) is 0 Å². The van der Waals surface area contributed by atoms with Gasteiger partial charge in [-0.2, -0.15) is 0 Å². The van der Waals surface area contributed by atoms with E-state index in [0.29, 0.717) is 42.4 Å². The highest BCUT2D eigenvalue weighted by Gasteiger charge is 2.27. The number of fused-ring (bicyclic) bond motifs is 1. The molecule has 0 spiro atoms. The van der Waals surface area contributed by atoms with E-state index < -0.39 is 0 Å². The molecule has 1 N–H and O–H groups in total. The largest absolute Gasteiger partial charge is 0.337 e. The Kier molecular flexibility index (Phi) is 5.25. The van der Waals surface area contributed by atoms with E-state index in [9.17, 15) is 9.18 Å². The Morgan fingerprint density at radius 1 is 0.938 bits per heavy atom. The Hall–Kier alpha value is -4.20. The number of hydrogen-bond donors (Lipinski definition) is 1. The van der Waals surface area contributed by atoms with Gasteiger partial charge in [-0.05, 0) is 36.4 Å². The topological polar surface area (TPSA) is 83.9 Å². The van der Waals surface area contributed by atoms with Crippen molar-refractivity contribution < 1.29 is 9.18 Å². The first-order valence-electron chi connectivity index (χ1n) is 10.2. The average molecular weight is 426 g/mol. The molecule has 4 aromatic rings. The van der Waals surface area contributed by atoms with E-state index in [4.69, 9.17) is 9.97 Å². The first-order valence-corrected chi connectivity index (χ1v) is 10.2. The number of hydrogen-bond acceptors (Lipinski definition) is 6. The lowest BCUT2D eigenvalue weighted by Gasteiger charge is -2.30. The van der Waals surface area contributed by atoms with Crippen LogP contribution in [0.4, 0.5) is 15.9 Å². The lowest BCUT2D eigenvalue weighted by molar-refractivity contribution is 0.0733. The first kappa shape index (κ1) is 19.7. The molecule has 0 saturated heterocycles. The molecule has 3 aromatic heterocycles. The van der Waals surface area contributed by atoms with Gasteiger partial charge in [0, 0.05) is 54.4 Å². The maximum absolute atomic E-state index is 14.4. The van der Waals surface area contributed by atoms with Crippen LogP contribution in [-0.4, -0.2) is 37.3 Å². The van der Waals surface area contributed by atoms with Crippen molar-refractivity contribution >= 4 is 17.4 Å². The smallest absolute Gasteiger partial charge is 0.254 e. The number of nitrogens with zero attached hydrogens (tertiary/aromatic N) is 5. The third-order valence-electron chi connectivity index (χ3n) is 5.34. The van der Waals surface area contributed by atoms with Crippen molar-refractivity contribution in [1.29, 1.82) is 0 Å². The van der Waals surface area contributed by atoms with Crippen LogP contribution < -0.4 is 5.32 Å². The van der Waals surface area contributed by atoms with Gasteiger partial charge in [0.2, 0.25) is 0 Å². The zero-order chi connectivity index (χ0) is 21.9. The molecule has 0 bridgehead atoms. The van der Waals surface area contributed by atoms with E-state index in [1.807, 2.05) is 12.1 Å². The fourth-order valence-electron chi connectivity index (χ4n) is 3.69. The molecule has 0 aliphatic carbocycles. The van der Waals surface area contributed by atoms with Crippen molar-refractivity contribution in [2.75, 3.05) is 11.9 Å². The lowest BCUT2D eigenvalue weighted by Crippen LogP contribution is -2.37. The van der Waals surface area contributed by atoms with Crippen LogP contribution in [0.25, 0.3) is 11.4 Å². The zero-order valence-electron chi connectivity index (χ0n) is 17.1. The molecule has 1 aliphatic heterocycles. The minimum atomic E-state index is -0.383. The molecule has 0 radical (unpaired) electrons. The molecule has 0 fully saturated rings. The minimum Gasteiger partial charge on any atom is -0.337 e. The SMILES string of the molecule is O=C(c1ccncc1)N1CCc2nc(-c3ccncc3)nc(Nc3ccccc3F)c2C1. The molecule has 5 rings (SSSR count). The summed E-state index contributed by atoms with van der Waals surface area (Å²) in [5.41, 5.74) is 3.31. The predicted octanol–water partition coefficient (Wildman–Crippen LogP) is 4.01. The number of carbonyl (C=O) groups is 1. The van der Waals surface area contributed by atoms with Gasteiger partial charge in [-0.25, -0.2) is 14.4 Å². The van der Waals surface area contributed by atoms with E-state index in [0.717, 1.165) is 16.8 Å². The van der Waals surface area contributed by atoms with Gasteiger partial charge in [0.25, 0.3) is 5.91 Å². The number of aromatic nitrogens is 4. The quantitative estimate of drug-likeness (QED) is 0.531. The van der Waals surface area contributed by atoms with E-state index >= 15 is 0 Å². The Morgan fingerprint density at radius 2 is 1.66 bits per heavy atom. The number of anilines is 2. The highest BCUT2D eigenvalue weighted by molar-refractivity contribution is 5.94. The molecule has 32 heavy (non-hydrogen) atoms. The fraction of sp³-hybridized carbons (Fsp3) is 0.125. The summed E-state index contributed by atoms with van der Waals surface area (Å²) in [5, 5.41) is 3.12. The molecule has 158 valence electrons. The number of carbonyl (C=O) groups excluding carboxylic acids is 1. The summed E-state index contributed by atoms with van der Waals surface area (Å²) < 4.78 is 14.4. The van der Waals surface area contributed by atoms with Gasteiger partial charge in [0.15, 0.2) is 5.82 Å². The standard InChI is InChI=1S/C24H19FN6O/c25-19-3-1-2-4-21(19)29-23-18-15-31(24(32)17-7-12-27-13-8-17)14-9-20(18)28-22(30-23)16-5-10-26-11-6-16/h1-8,10-13H,9,14-15H2,(H,28,29,30). The minimum absolute atomic E-state index is 0.0897. The van der Waals surface area contributed by atoms with Gasteiger partial charge in [0.1, 0.15) is 11.6 Å². The van der Waals surface area contributed by atoms with Gasteiger partial charge in [-0.15, -0.1) is 0 Å². The molecule has 8 heteroatoms. The second-order valence-electron chi connectivity index (χ2n) is 7.37. The molecule has 4 heterocycles.